The summed E-state index contributed by atoms with van der Waals surface area (Å²) in [4.78, 5) is 0. The third kappa shape index (κ3) is 29.0. The lowest BCUT2D eigenvalue weighted by Crippen LogP contribution is -1.95. The van der Waals surface area contributed by atoms with Crippen LogP contribution in [0.4, 0.5) is 15.8 Å². The number of nitrogens with one attached hydrogen (secondary N) is 1. The average molecular weight is 329 g/mol. The molecule has 1 aromatic rings. The second-order valence-corrected chi connectivity index (χ2v) is 2.84. The lowest BCUT2D eigenvalue weighted by molar-refractivity contribution is 0.636. The van der Waals surface area contributed by atoms with Gasteiger partial charge in [-0.3, -0.25) is 4.39 Å². The molecule has 3 heteroatoms. The van der Waals surface area contributed by atoms with Crippen molar-refractivity contribution in [1.29, 1.82) is 0 Å². The van der Waals surface area contributed by atoms with E-state index in [1.807, 2.05) is 92.7 Å². The van der Waals surface area contributed by atoms with Crippen LogP contribution in [0.5, 0.6) is 0 Å². The minimum absolute atomic E-state index is 0.500. The molecule has 0 unspecified atom stereocenters. The first-order chi connectivity index (χ1) is 11.2. The Morgan fingerprint density at radius 3 is 1.78 bits per heavy atom. The molecule has 0 amide bonds. The lowest BCUT2D eigenvalue weighted by atomic mass is 10.2. The molecule has 0 aliphatic carbocycles. The molecule has 3 N–H and O–H groups in total. The number of benzene rings is 1. The largest absolute Gasteiger partial charge is 0.399 e. The molecule has 0 saturated heterocycles. The molecule has 0 spiro atoms. The second-order valence-electron chi connectivity index (χ2n) is 2.84. The van der Waals surface area contributed by atoms with Gasteiger partial charge in [0.25, 0.3) is 0 Å². The summed E-state index contributed by atoms with van der Waals surface area (Å²) < 4.78 is 9.50. The molecule has 1 rings (SSSR count). The maximum absolute atomic E-state index is 9.50. The van der Waals surface area contributed by atoms with E-state index in [1.165, 1.54) is 0 Å². The molecule has 0 radical (unpaired) electrons. The van der Waals surface area contributed by atoms with Crippen LogP contribution in [0.25, 0.3) is 0 Å². The number of hydrogen-bond acceptors (Lipinski definition) is 2. The van der Waals surface area contributed by atoms with Gasteiger partial charge in [-0.15, -0.1) is 0 Å². The highest BCUT2D eigenvalue weighted by atomic mass is 19.1. The first-order valence-corrected chi connectivity index (χ1v) is 8.52. The van der Waals surface area contributed by atoms with E-state index in [0.29, 0.717) is 7.18 Å². The molecule has 138 valence electrons. The smallest absolute Gasteiger partial charge is 0.0785 e. The van der Waals surface area contributed by atoms with Gasteiger partial charge >= 0.3 is 0 Å². The number of hydrogen-bond donors (Lipinski definition) is 2. The number of halogens is 1. The van der Waals surface area contributed by atoms with Crippen molar-refractivity contribution in [2.24, 2.45) is 0 Å². The Hall–Kier alpha value is -1.77. The number of nitrogens with two attached hydrogens (primary N) is 1. The fraction of sp³-hybridized carbons (Fsp3) is 0.500. The van der Waals surface area contributed by atoms with Crippen molar-refractivity contribution in [3.05, 3.63) is 48.7 Å². The van der Waals surface area contributed by atoms with Crippen LogP contribution in [0.15, 0.2) is 48.7 Å². The third-order valence-electron chi connectivity index (χ3n) is 1.60. The van der Waals surface area contributed by atoms with Crippen LogP contribution in [0.2, 0.25) is 0 Å². The number of allylic oxidation sites excluding steroid dienone is 3. The van der Waals surface area contributed by atoms with Gasteiger partial charge in [0.05, 0.1) is 7.18 Å². The van der Waals surface area contributed by atoms with Crippen LogP contribution in [0.1, 0.15) is 62.3 Å². The van der Waals surface area contributed by atoms with Gasteiger partial charge < -0.3 is 11.1 Å². The normalized spacial score (nSPS) is 7.52. The first kappa shape index (κ1) is 33.0. The van der Waals surface area contributed by atoms with Crippen LogP contribution in [-0.4, -0.2) is 7.18 Å². The Morgan fingerprint density at radius 1 is 1.00 bits per heavy atom. The monoisotopic (exact) mass is 328 g/mol. The van der Waals surface area contributed by atoms with E-state index in [9.17, 15) is 4.39 Å². The third-order valence-corrected chi connectivity index (χ3v) is 1.60. The molecule has 0 atom stereocenters. The molecule has 1 aromatic carbocycles. The molecular weight excluding hydrogens is 287 g/mol. The van der Waals surface area contributed by atoms with Gasteiger partial charge in [-0.2, -0.15) is 0 Å². The van der Waals surface area contributed by atoms with E-state index >= 15 is 0 Å². The van der Waals surface area contributed by atoms with Crippen molar-refractivity contribution in [2.45, 2.75) is 62.3 Å². The summed E-state index contributed by atoms with van der Waals surface area (Å²) in [5, 5.41) is 3.19. The zero-order chi connectivity index (χ0) is 19.7. The minimum Gasteiger partial charge on any atom is -0.399 e. The van der Waals surface area contributed by atoms with E-state index in [4.69, 9.17) is 5.73 Å². The molecule has 0 bridgehead atoms. The van der Waals surface area contributed by atoms with E-state index < -0.39 is 0 Å². The fourth-order valence-corrected chi connectivity index (χ4v) is 1.06. The lowest BCUT2D eigenvalue weighted by Gasteiger charge is -2.05. The van der Waals surface area contributed by atoms with Crippen molar-refractivity contribution < 1.29 is 4.39 Å². The van der Waals surface area contributed by atoms with Crippen molar-refractivity contribution in [1.82, 2.24) is 0 Å². The SMILES string of the molecule is C=C/C=C(\C)Nc1cccc(N)c1.CC.CC.CC.CC.CF. The Morgan fingerprint density at radius 2 is 1.43 bits per heavy atom. The minimum atomic E-state index is 0.500. The molecular formula is C20H41FN2. The van der Waals surface area contributed by atoms with Gasteiger partial charge in [0.2, 0.25) is 0 Å². The highest BCUT2D eigenvalue weighted by Crippen LogP contribution is 2.13. The number of alkyl halides is 1. The molecule has 0 aliphatic heterocycles. The predicted molar refractivity (Wildman–Crippen MR) is 111 cm³/mol. The van der Waals surface area contributed by atoms with Crippen LogP contribution in [0, 0.1) is 0 Å². The second kappa shape index (κ2) is 36.9. The van der Waals surface area contributed by atoms with E-state index in [0.717, 1.165) is 17.1 Å². The van der Waals surface area contributed by atoms with Gasteiger partial charge in [-0.25, -0.2) is 0 Å². The summed E-state index contributed by atoms with van der Waals surface area (Å²) in [5.41, 5.74) is 8.43. The van der Waals surface area contributed by atoms with Crippen molar-refractivity contribution in [2.75, 3.05) is 18.2 Å². The quantitative estimate of drug-likeness (QED) is 0.446. The maximum Gasteiger partial charge on any atom is 0.0785 e. The van der Waals surface area contributed by atoms with Gasteiger partial charge in [-0.05, 0) is 31.2 Å². The number of nitrogen functional groups attached to an aromatic ring is 1. The zero-order valence-corrected chi connectivity index (χ0v) is 17.1. The molecule has 0 heterocycles. The number of rotatable bonds is 3. The average Bonchev–Trinajstić information content (AvgIpc) is 2.64. The van der Waals surface area contributed by atoms with Gasteiger partial charge in [0, 0.05) is 17.1 Å². The zero-order valence-electron chi connectivity index (χ0n) is 17.1. The standard InChI is InChI=1S/C11H14N2.4C2H6.CH3F/c1-3-5-9(2)13-11-7-4-6-10(12)8-11;5*1-2/h3-8,13H,1,12H2,2H3;4*1-2H3;1H3/b9-5+;;;;;. The molecule has 2 nitrogen and oxygen atoms in total. The first-order valence-electron chi connectivity index (χ1n) is 8.52. The van der Waals surface area contributed by atoms with Gasteiger partial charge in [0.1, 0.15) is 0 Å². The van der Waals surface area contributed by atoms with Crippen molar-refractivity contribution >= 4 is 11.4 Å². The maximum atomic E-state index is 9.50. The summed E-state index contributed by atoms with van der Waals surface area (Å²) in [6.07, 6.45) is 3.65. The van der Waals surface area contributed by atoms with Gasteiger partial charge in [0.15, 0.2) is 0 Å². The van der Waals surface area contributed by atoms with Gasteiger partial charge in [-0.1, -0.05) is 74.1 Å². The molecule has 23 heavy (non-hydrogen) atoms. The summed E-state index contributed by atoms with van der Waals surface area (Å²) in [6.45, 7) is 21.6. The van der Waals surface area contributed by atoms with Crippen molar-refractivity contribution in [3.8, 4) is 0 Å². The topological polar surface area (TPSA) is 38.0 Å². The highest BCUT2D eigenvalue weighted by molar-refractivity contribution is 5.56. The van der Waals surface area contributed by atoms with Crippen LogP contribution in [-0.2, 0) is 0 Å². The Kier molecular flexibility index (Phi) is 53.0. The highest BCUT2D eigenvalue weighted by Gasteiger charge is 1.91. The van der Waals surface area contributed by atoms with E-state index in [1.54, 1.807) is 6.08 Å². The predicted octanol–water partition coefficient (Wildman–Crippen LogP) is 7.46. The molecule has 0 saturated carbocycles. The molecule has 0 fully saturated rings. The molecule has 0 aliphatic rings. The summed E-state index contributed by atoms with van der Waals surface area (Å²) in [5.74, 6) is 0. The van der Waals surface area contributed by atoms with Crippen LogP contribution in [0.3, 0.4) is 0 Å². The van der Waals surface area contributed by atoms with E-state index in [2.05, 4.69) is 11.9 Å². The molecule has 0 aromatic heterocycles. The Bertz CT molecular complexity index is 334. The fourth-order valence-electron chi connectivity index (χ4n) is 1.06. The summed E-state index contributed by atoms with van der Waals surface area (Å²) in [6, 6.07) is 7.63. The van der Waals surface area contributed by atoms with Crippen LogP contribution >= 0.6 is 0 Å². The van der Waals surface area contributed by atoms with Crippen LogP contribution < -0.4 is 11.1 Å². The van der Waals surface area contributed by atoms with Crippen molar-refractivity contribution in [3.63, 3.8) is 0 Å². The summed E-state index contributed by atoms with van der Waals surface area (Å²) >= 11 is 0. The Balaban J connectivity index is -0.0000000923. The van der Waals surface area contributed by atoms with E-state index in [-0.39, 0.29) is 0 Å². The summed E-state index contributed by atoms with van der Waals surface area (Å²) in [7, 11) is 0.500. The number of anilines is 2. The Labute approximate surface area is 145 Å².